The van der Waals surface area contributed by atoms with Crippen molar-refractivity contribution in [3.05, 3.63) is 0 Å². The Balaban J connectivity index is 1.95. The van der Waals surface area contributed by atoms with Gasteiger partial charge in [0.25, 0.3) is 0 Å². The largest absolute Gasteiger partial charge is 0.327 e. The maximum Gasteiger partial charge on any atom is 0.237 e. The molecule has 0 spiro atoms. The van der Waals surface area contributed by atoms with E-state index in [4.69, 9.17) is 5.73 Å². The summed E-state index contributed by atoms with van der Waals surface area (Å²) in [6, 6.07) is 0.220. The average Bonchev–Trinajstić information content (AvgIpc) is 2.38. The molecule has 0 aromatic heterocycles. The Morgan fingerprint density at radius 3 is 2.40 bits per heavy atom. The van der Waals surface area contributed by atoms with E-state index in [2.05, 4.69) is 43.2 Å². The molecule has 5 nitrogen and oxygen atoms in total. The van der Waals surface area contributed by atoms with Crippen LogP contribution in [0.25, 0.3) is 0 Å². The number of hydrogen-bond acceptors (Lipinski definition) is 4. The lowest BCUT2D eigenvalue weighted by atomic mass is 9.61. The van der Waals surface area contributed by atoms with Gasteiger partial charge < -0.3 is 10.6 Å². The van der Waals surface area contributed by atoms with Crippen molar-refractivity contribution in [3.8, 4) is 0 Å². The third-order valence-electron chi connectivity index (χ3n) is 5.59. The Labute approximate surface area is 122 Å². The van der Waals surface area contributed by atoms with E-state index in [1.54, 1.807) is 0 Å². The summed E-state index contributed by atoms with van der Waals surface area (Å²) in [7, 11) is 2.12. The summed E-state index contributed by atoms with van der Waals surface area (Å²) in [5, 5.41) is 2.07. The highest BCUT2D eigenvalue weighted by Gasteiger charge is 2.45. The van der Waals surface area contributed by atoms with Crippen LogP contribution in [0.2, 0.25) is 0 Å². The molecule has 3 unspecified atom stereocenters. The lowest BCUT2D eigenvalue weighted by Crippen LogP contribution is -2.57. The molecule has 2 aliphatic rings. The molecule has 0 bridgehead atoms. The number of carbonyl (C=O) groups excluding carboxylic acids is 1. The maximum absolute atomic E-state index is 12.6. The van der Waals surface area contributed by atoms with Gasteiger partial charge >= 0.3 is 0 Å². The van der Waals surface area contributed by atoms with Crippen molar-refractivity contribution in [2.75, 3.05) is 33.2 Å². The van der Waals surface area contributed by atoms with Gasteiger partial charge in [0.2, 0.25) is 5.91 Å². The Morgan fingerprint density at radius 1 is 1.20 bits per heavy atom. The Bertz CT molecular complexity index is 350. The Hall–Kier alpha value is -0.650. The fourth-order valence-electron chi connectivity index (χ4n) is 3.47. The molecule has 1 saturated heterocycles. The van der Waals surface area contributed by atoms with Crippen LogP contribution in [0.3, 0.4) is 0 Å². The summed E-state index contributed by atoms with van der Waals surface area (Å²) < 4.78 is 0. The van der Waals surface area contributed by atoms with Gasteiger partial charge in [0.1, 0.15) is 0 Å². The summed E-state index contributed by atoms with van der Waals surface area (Å²) in [5.74, 6) is 0.620. The molecule has 20 heavy (non-hydrogen) atoms. The predicted molar refractivity (Wildman–Crippen MR) is 80.9 cm³/mol. The first-order valence-electron chi connectivity index (χ1n) is 7.82. The van der Waals surface area contributed by atoms with Crippen molar-refractivity contribution in [2.45, 2.75) is 39.7 Å². The molecule has 2 fully saturated rings. The van der Waals surface area contributed by atoms with Crippen LogP contribution in [0.4, 0.5) is 0 Å². The smallest absolute Gasteiger partial charge is 0.237 e. The van der Waals surface area contributed by atoms with E-state index >= 15 is 0 Å². The molecule has 0 radical (unpaired) electrons. The topological polar surface area (TPSA) is 61.6 Å². The summed E-state index contributed by atoms with van der Waals surface area (Å²) >= 11 is 0. The number of hydrazine groups is 1. The molecule has 0 aromatic carbocycles. The lowest BCUT2D eigenvalue weighted by molar-refractivity contribution is -0.138. The van der Waals surface area contributed by atoms with Crippen molar-refractivity contribution >= 4 is 5.91 Å². The number of nitrogens with one attached hydrogen (secondary N) is 1. The minimum absolute atomic E-state index is 0.0334. The number of hydrogen-bond donors (Lipinski definition) is 2. The zero-order chi connectivity index (χ0) is 14.9. The average molecular weight is 282 g/mol. The van der Waals surface area contributed by atoms with Crippen molar-refractivity contribution < 1.29 is 4.79 Å². The zero-order valence-electron chi connectivity index (χ0n) is 13.4. The summed E-state index contributed by atoms with van der Waals surface area (Å²) in [6.45, 7) is 10.4. The van der Waals surface area contributed by atoms with Crippen molar-refractivity contribution in [2.24, 2.45) is 23.0 Å². The highest BCUT2D eigenvalue weighted by atomic mass is 16.2. The molecule has 1 aliphatic heterocycles. The van der Waals surface area contributed by atoms with Crippen molar-refractivity contribution in [1.29, 1.82) is 0 Å². The van der Waals surface area contributed by atoms with Crippen molar-refractivity contribution in [3.63, 3.8) is 0 Å². The van der Waals surface area contributed by atoms with E-state index in [1.165, 1.54) is 0 Å². The second-order valence-electron chi connectivity index (χ2n) is 7.17. The fraction of sp³-hybridized carbons (Fsp3) is 0.933. The summed E-state index contributed by atoms with van der Waals surface area (Å²) in [6.07, 6.45) is 1.85. The molecule has 1 amide bonds. The molecular formula is C15H30N4O. The minimum Gasteiger partial charge on any atom is -0.327 e. The number of likely N-dealkylation sites (N-methyl/N-ethyl adjacent to an activating group) is 1. The monoisotopic (exact) mass is 282 g/mol. The van der Waals surface area contributed by atoms with E-state index in [0.717, 1.165) is 39.0 Å². The van der Waals surface area contributed by atoms with Crippen LogP contribution in [-0.2, 0) is 4.79 Å². The molecule has 3 atom stereocenters. The van der Waals surface area contributed by atoms with Gasteiger partial charge in [0.15, 0.2) is 0 Å². The lowest BCUT2D eigenvalue weighted by Gasteiger charge is -2.46. The normalized spacial score (nSPS) is 35.8. The quantitative estimate of drug-likeness (QED) is 0.781. The van der Waals surface area contributed by atoms with Crippen LogP contribution in [-0.4, -0.2) is 55.1 Å². The second-order valence-corrected chi connectivity index (χ2v) is 7.17. The summed E-state index contributed by atoms with van der Waals surface area (Å²) in [5.41, 5.74) is 9.26. The third-order valence-corrected chi connectivity index (χ3v) is 5.59. The van der Waals surface area contributed by atoms with E-state index < -0.39 is 0 Å². The van der Waals surface area contributed by atoms with Gasteiger partial charge in [0, 0.05) is 38.1 Å². The number of rotatable bonds is 2. The first-order valence-corrected chi connectivity index (χ1v) is 7.82. The molecule has 1 saturated carbocycles. The van der Waals surface area contributed by atoms with Gasteiger partial charge in [0.05, 0.1) is 0 Å². The second kappa shape index (κ2) is 6.00. The van der Waals surface area contributed by atoms with Crippen LogP contribution in [0.15, 0.2) is 0 Å². The predicted octanol–water partition coefficient (Wildman–Crippen LogP) is 0.665. The molecule has 5 heteroatoms. The third kappa shape index (κ3) is 3.15. The molecule has 3 N–H and O–H groups in total. The first kappa shape index (κ1) is 15.7. The van der Waals surface area contributed by atoms with E-state index in [1.807, 2.05) is 0 Å². The van der Waals surface area contributed by atoms with Gasteiger partial charge in [-0.3, -0.25) is 10.2 Å². The Morgan fingerprint density at radius 2 is 1.80 bits per heavy atom. The standard InChI is InChI=1S/C15H30N4O/c1-11-13(16)6-5-12(15(11,2)3)14(20)17-19-9-7-18(4)8-10-19/h11-13H,5-10,16H2,1-4H3,(H,17,20). The number of nitrogens with zero attached hydrogens (tertiary/aromatic N) is 2. The number of amides is 1. The highest BCUT2D eigenvalue weighted by molar-refractivity contribution is 5.79. The van der Waals surface area contributed by atoms with Gasteiger partial charge in [-0.25, -0.2) is 5.01 Å². The van der Waals surface area contributed by atoms with Gasteiger partial charge in [-0.05, 0) is 31.2 Å². The van der Waals surface area contributed by atoms with E-state index in [-0.39, 0.29) is 23.3 Å². The van der Waals surface area contributed by atoms with E-state index in [0.29, 0.717) is 5.92 Å². The van der Waals surface area contributed by atoms with Gasteiger partial charge in [-0.1, -0.05) is 20.8 Å². The highest BCUT2D eigenvalue weighted by Crippen LogP contribution is 2.44. The Kier molecular flexibility index (Phi) is 4.72. The number of nitrogens with two attached hydrogens (primary N) is 1. The molecule has 116 valence electrons. The first-order chi connectivity index (χ1) is 9.32. The number of piperazine rings is 1. The van der Waals surface area contributed by atoms with Crippen LogP contribution in [0.1, 0.15) is 33.6 Å². The number of carbonyl (C=O) groups is 1. The van der Waals surface area contributed by atoms with Crippen LogP contribution in [0.5, 0.6) is 0 Å². The fourth-order valence-corrected chi connectivity index (χ4v) is 3.47. The molecule has 2 rings (SSSR count). The SMILES string of the molecule is CC1C(N)CCC(C(=O)NN2CCN(C)CC2)C1(C)C. The van der Waals surface area contributed by atoms with Crippen LogP contribution >= 0.6 is 0 Å². The zero-order valence-corrected chi connectivity index (χ0v) is 13.4. The molecule has 1 aliphatic carbocycles. The molecular weight excluding hydrogens is 252 g/mol. The van der Waals surface area contributed by atoms with Crippen molar-refractivity contribution in [1.82, 2.24) is 15.3 Å². The van der Waals surface area contributed by atoms with Gasteiger partial charge in [-0.15, -0.1) is 0 Å². The van der Waals surface area contributed by atoms with E-state index in [9.17, 15) is 4.79 Å². The summed E-state index contributed by atoms with van der Waals surface area (Å²) in [4.78, 5) is 14.9. The van der Waals surface area contributed by atoms with Gasteiger partial charge in [-0.2, -0.15) is 0 Å². The van der Waals surface area contributed by atoms with Crippen LogP contribution in [0, 0.1) is 17.3 Å². The minimum atomic E-state index is -0.0334. The maximum atomic E-state index is 12.6. The van der Waals surface area contributed by atoms with Crippen LogP contribution < -0.4 is 11.2 Å². The molecule has 1 heterocycles. The molecule has 0 aromatic rings.